The molecule has 0 radical (unpaired) electrons. The first-order chi connectivity index (χ1) is 9.02. The second-order valence-corrected chi connectivity index (χ2v) is 4.47. The highest BCUT2D eigenvalue weighted by atomic mass is 16.2. The molecule has 0 bridgehead atoms. The molecule has 5 nitrogen and oxygen atoms in total. The monoisotopic (exact) mass is 258 g/mol. The highest BCUT2D eigenvalue weighted by molar-refractivity contribution is 5.90. The normalized spacial score (nSPS) is 10.6. The largest absolute Gasteiger partial charge is 0.399 e. The predicted molar refractivity (Wildman–Crippen MR) is 80.3 cm³/mol. The zero-order chi connectivity index (χ0) is 14.0. The van der Waals surface area contributed by atoms with E-state index in [0.29, 0.717) is 29.2 Å². The van der Waals surface area contributed by atoms with Crippen LogP contribution in [0.3, 0.4) is 0 Å². The van der Waals surface area contributed by atoms with Crippen LogP contribution in [0.25, 0.3) is 11.1 Å². The Bertz CT molecular complexity index is 611. The molecule has 0 saturated carbocycles. The quantitative estimate of drug-likeness (QED) is 0.529. The highest BCUT2D eigenvalue weighted by Crippen LogP contribution is 2.35. The molecule has 0 aliphatic carbocycles. The second kappa shape index (κ2) is 5.07. The number of benzene rings is 2. The van der Waals surface area contributed by atoms with Gasteiger partial charge in [0.2, 0.25) is 0 Å². The third-order valence-corrected chi connectivity index (χ3v) is 3.04. The minimum Gasteiger partial charge on any atom is -0.399 e. The first kappa shape index (κ1) is 13.0. The SMILES string of the molecule is Nc1ccc(-c2cc(CCO)cc(N)c2N)c(N)c1. The van der Waals surface area contributed by atoms with Crippen molar-refractivity contribution in [2.24, 2.45) is 0 Å². The molecule has 100 valence electrons. The molecule has 0 fully saturated rings. The molecular weight excluding hydrogens is 240 g/mol. The molecule has 2 aromatic rings. The van der Waals surface area contributed by atoms with Crippen LogP contribution < -0.4 is 22.9 Å². The van der Waals surface area contributed by atoms with E-state index in [1.165, 1.54) is 0 Å². The van der Waals surface area contributed by atoms with Crippen molar-refractivity contribution in [2.75, 3.05) is 29.5 Å². The Morgan fingerprint density at radius 3 is 2.21 bits per heavy atom. The average Bonchev–Trinajstić information content (AvgIpc) is 2.34. The van der Waals surface area contributed by atoms with Crippen molar-refractivity contribution in [3.8, 4) is 11.1 Å². The van der Waals surface area contributed by atoms with Gasteiger partial charge >= 0.3 is 0 Å². The first-order valence-corrected chi connectivity index (χ1v) is 5.97. The summed E-state index contributed by atoms with van der Waals surface area (Å²) in [6.07, 6.45) is 0.520. The smallest absolute Gasteiger partial charge is 0.0628 e. The fourth-order valence-electron chi connectivity index (χ4n) is 2.06. The number of nitrogen functional groups attached to an aromatic ring is 4. The maximum absolute atomic E-state index is 9.02. The van der Waals surface area contributed by atoms with E-state index in [1.807, 2.05) is 12.1 Å². The van der Waals surface area contributed by atoms with Crippen LogP contribution in [-0.2, 0) is 6.42 Å². The summed E-state index contributed by atoms with van der Waals surface area (Å²) in [6.45, 7) is 0.0556. The summed E-state index contributed by atoms with van der Waals surface area (Å²) < 4.78 is 0. The van der Waals surface area contributed by atoms with Gasteiger partial charge in [0.05, 0.1) is 11.4 Å². The summed E-state index contributed by atoms with van der Waals surface area (Å²) in [5, 5.41) is 9.02. The van der Waals surface area contributed by atoms with Crippen LogP contribution in [0.4, 0.5) is 22.7 Å². The van der Waals surface area contributed by atoms with Crippen molar-refractivity contribution in [3.63, 3.8) is 0 Å². The average molecular weight is 258 g/mol. The number of hydrogen-bond acceptors (Lipinski definition) is 5. The Kier molecular flexibility index (Phi) is 3.48. The van der Waals surface area contributed by atoms with Crippen molar-refractivity contribution in [3.05, 3.63) is 35.9 Å². The van der Waals surface area contributed by atoms with E-state index in [9.17, 15) is 0 Å². The summed E-state index contributed by atoms with van der Waals surface area (Å²) in [7, 11) is 0. The van der Waals surface area contributed by atoms with Crippen LogP contribution in [0, 0.1) is 0 Å². The lowest BCUT2D eigenvalue weighted by molar-refractivity contribution is 0.299. The van der Waals surface area contributed by atoms with E-state index < -0.39 is 0 Å². The Balaban J connectivity index is 2.60. The Morgan fingerprint density at radius 2 is 1.58 bits per heavy atom. The van der Waals surface area contributed by atoms with Crippen LogP contribution in [0.15, 0.2) is 30.3 Å². The van der Waals surface area contributed by atoms with Gasteiger partial charge in [0.1, 0.15) is 0 Å². The molecule has 0 heterocycles. The van der Waals surface area contributed by atoms with Gasteiger partial charge in [-0.2, -0.15) is 0 Å². The summed E-state index contributed by atoms with van der Waals surface area (Å²) in [6, 6.07) is 8.93. The standard InChI is InChI=1S/C14H18N4O/c15-9-1-2-10(12(16)7-9)11-5-8(3-4-19)6-13(17)14(11)18/h1-2,5-7,19H,3-4,15-18H2. The van der Waals surface area contributed by atoms with Gasteiger partial charge in [-0.1, -0.05) is 6.07 Å². The molecule has 5 heteroatoms. The second-order valence-electron chi connectivity index (χ2n) is 4.47. The number of anilines is 4. The molecule has 0 atom stereocenters. The van der Waals surface area contributed by atoms with E-state index in [-0.39, 0.29) is 6.61 Å². The Labute approximate surface area is 111 Å². The maximum Gasteiger partial charge on any atom is 0.0628 e. The number of aliphatic hydroxyl groups is 1. The van der Waals surface area contributed by atoms with Crippen molar-refractivity contribution in [1.82, 2.24) is 0 Å². The van der Waals surface area contributed by atoms with Crippen LogP contribution in [-0.4, -0.2) is 11.7 Å². The maximum atomic E-state index is 9.02. The fourth-order valence-corrected chi connectivity index (χ4v) is 2.06. The lowest BCUT2D eigenvalue weighted by Gasteiger charge is -2.13. The van der Waals surface area contributed by atoms with Crippen LogP contribution in [0.1, 0.15) is 5.56 Å². The zero-order valence-corrected chi connectivity index (χ0v) is 10.6. The minimum absolute atomic E-state index is 0.0556. The molecule has 2 aromatic carbocycles. The van der Waals surface area contributed by atoms with E-state index >= 15 is 0 Å². The van der Waals surface area contributed by atoms with Gasteiger partial charge in [0.15, 0.2) is 0 Å². The van der Waals surface area contributed by atoms with Gasteiger partial charge in [0.25, 0.3) is 0 Å². The van der Waals surface area contributed by atoms with E-state index in [0.717, 1.165) is 16.7 Å². The van der Waals surface area contributed by atoms with Crippen LogP contribution >= 0.6 is 0 Å². The van der Waals surface area contributed by atoms with Gasteiger partial charge in [-0.05, 0) is 36.2 Å². The molecule has 0 aliphatic heterocycles. The molecule has 0 saturated heterocycles. The van der Waals surface area contributed by atoms with E-state index in [2.05, 4.69) is 0 Å². The van der Waals surface area contributed by atoms with E-state index in [4.69, 9.17) is 28.0 Å². The number of aliphatic hydroxyl groups excluding tert-OH is 1. The van der Waals surface area contributed by atoms with Crippen LogP contribution in [0.5, 0.6) is 0 Å². The molecule has 19 heavy (non-hydrogen) atoms. The number of hydrogen-bond donors (Lipinski definition) is 5. The van der Waals surface area contributed by atoms with Gasteiger partial charge in [-0.3, -0.25) is 0 Å². The topological polar surface area (TPSA) is 124 Å². The minimum atomic E-state index is 0.0556. The fraction of sp³-hybridized carbons (Fsp3) is 0.143. The number of rotatable bonds is 3. The van der Waals surface area contributed by atoms with Gasteiger partial charge in [-0.25, -0.2) is 0 Å². The molecule has 0 aliphatic rings. The Morgan fingerprint density at radius 1 is 0.842 bits per heavy atom. The van der Waals surface area contributed by atoms with Crippen LogP contribution in [0.2, 0.25) is 0 Å². The molecular formula is C14H18N4O. The van der Waals surface area contributed by atoms with Crippen molar-refractivity contribution in [2.45, 2.75) is 6.42 Å². The zero-order valence-electron chi connectivity index (χ0n) is 10.6. The molecule has 0 aromatic heterocycles. The lowest BCUT2D eigenvalue weighted by atomic mass is 9.97. The Hall–Kier alpha value is -2.40. The van der Waals surface area contributed by atoms with Gasteiger partial charge in [0, 0.05) is 29.1 Å². The summed E-state index contributed by atoms with van der Waals surface area (Å²) in [5.74, 6) is 0. The third-order valence-electron chi connectivity index (χ3n) is 3.04. The highest BCUT2D eigenvalue weighted by Gasteiger charge is 2.11. The van der Waals surface area contributed by atoms with Crippen molar-refractivity contribution < 1.29 is 5.11 Å². The predicted octanol–water partition coefficient (Wildman–Crippen LogP) is 1.22. The molecule has 2 rings (SSSR count). The third kappa shape index (κ3) is 2.56. The molecule has 9 N–H and O–H groups in total. The molecule has 0 spiro atoms. The van der Waals surface area contributed by atoms with E-state index in [1.54, 1.807) is 18.2 Å². The van der Waals surface area contributed by atoms with Crippen molar-refractivity contribution in [1.29, 1.82) is 0 Å². The lowest BCUT2D eigenvalue weighted by Crippen LogP contribution is -2.02. The molecule has 0 amide bonds. The molecule has 0 unspecified atom stereocenters. The van der Waals surface area contributed by atoms with Crippen molar-refractivity contribution >= 4 is 22.7 Å². The number of nitrogens with two attached hydrogens (primary N) is 4. The van der Waals surface area contributed by atoms with Gasteiger partial charge in [-0.15, -0.1) is 0 Å². The van der Waals surface area contributed by atoms with Gasteiger partial charge < -0.3 is 28.0 Å². The summed E-state index contributed by atoms with van der Waals surface area (Å²) in [5.41, 5.74) is 28.1. The first-order valence-electron chi connectivity index (χ1n) is 5.97. The summed E-state index contributed by atoms with van der Waals surface area (Å²) in [4.78, 5) is 0. The summed E-state index contributed by atoms with van der Waals surface area (Å²) >= 11 is 0.